The number of hydrogen-bond donors (Lipinski definition) is 2. The molecule has 2 N–H and O–H groups in total. The molecule has 126 valence electrons. The first-order valence-corrected chi connectivity index (χ1v) is 8.19. The van der Waals surface area contributed by atoms with Crippen LogP contribution in [0.3, 0.4) is 0 Å². The zero-order valence-corrected chi connectivity index (χ0v) is 14.1. The minimum atomic E-state index is -0.340. The van der Waals surface area contributed by atoms with Crippen LogP contribution in [0.1, 0.15) is 46.7 Å². The first-order chi connectivity index (χ1) is 11.9. The first-order valence-electron chi connectivity index (χ1n) is 8.19. The normalized spacial score (nSPS) is 15.8. The number of carbonyl (C=O) groups excluding carboxylic acids is 2. The Morgan fingerprint density at radius 3 is 2.92 bits per heavy atom. The third-order valence-electron chi connectivity index (χ3n) is 4.49. The third kappa shape index (κ3) is 2.80. The molecule has 1 amide bonds. The molecule has 3 aromatic rings. The van der Waals surface area contributed by atoms with Crippen molar-refractivity contribution in [3.63, 3.8) is 0 Å². The number of ketones is 1. The number of nitrogens with zero attached hydrogens (tertiary/aromatic N) is 2. The molecule has 0 saturated heterocycles. The smallest absolute Gasteiger partial charge is 0.259 e. The molecule has 4 rings (SSSR count). The van der Waals surface area contributed by atoms with Gasteiger partial charge < -0.3 is 10.3 Å². The summed E-state index contributed by atoms with van der Waals surface area (Å²) in [5.41, 5.74) is 2.19. The molecule has 0 saturated carbocycles. The Bertz CT molecular complexity index is 1000. The molecule has 0 aromatic carbocycles. The van der Waals surface area contributed by atoms with Crippen molar-refractivity contribution in [2.45, 2.75) is 26.7 Å². The average Bonchev–Trinajstić information content (AvgIpc) is 2.97. The van der Waals surface area contributed by atoms with E-state index in [0.29, 0.717) is 29.0 Å². The highest BCUT2D eigenvalue weighted by Crippen LogP contribution is 2.35. The molecular formula is C19H18N4O2. The van der Waals surface area contributed by atoms with Crippen LogP contribution in [0.2, 0.25) is 0 Å². The van der Waals surface area contributed by atoms with Crippen molar-refractivity contribution in [1.29, 1.82) is 0 Å². The second-order valence-electron chi connectivity index (χ2n) is 7.20. The van der Waals surface area contributed by atoms with E-state index in [1.54, 1.807) is 18.5 Å². The monoisotopic (exact) mass is 334 g/mol. The number of amides is 1. The number of anilines is 1. The van der Waals surface area contributed by atoms with Crippen LogP contribution in [0.4, 0.5) is 5.82 Å². The van der Waals surface area contributed by atoms with E-state index in [0.717, 1.165) is 17.5 Å². The van der Waals surface area contributed by atoms with E-state index in [1.807, 2.05) is 18.2 Å². The largest absolute Gasteiger partial charge is 0.364 e. The van der Waals surface area contributed by atoms with Gasteiger partial charge in [0.1, 0.15) is 5.82 Å². The Morgan fingerprint density at radius 2 is 2.08 bits per heavy atom. The van der Waals surface area contributed by atoms with Crippen LogP contribution in [0.25, 0.3) is 11.0 Å². The maximum atomic E-state index is 12.6. The molecular weight excluding hydrogens is 316 g/mol. The van der Waals surface area contributed by atoms with E-state index >= 15 is 0 Å². The van der Waals surface area contributed by atoms with Crippen LogP contribution in [0.15, 0.2) is 36.7 Å². The van der Waals surface area contributed by atoms with Crippen molar-refractivity contribution >= 4 is 28.5 Å². The Labute approximate surface area is 144 Å². The van der Waals surface area contributed by atoms with Crippen molar-refractivity contribution in [2.24, 2.45) is 5.41 Å². The lowest BCUT2D eigenvalue weighted by Gasteiger charge is -2.28. The molecule has 0 atom stereocenters. The number of pyridine rings is 2. The topological polar surface area (TPSA) is 87.7 Å². The van der Waals surface area contributed by atoms with E-state index in [4.69, 9.17) is 0 Å². The molecule has 0 bridgehead atoms. The molecule has 0 radical (unpaired) electrons. The third-order valence-corrected chi connectivity index (χ3v) is 4.49. The molecule has 1 aliphatic carbocycles. The molecule has 3 aromatic heterocycles. The van der Waals surface area contributed by atoms with E-state index in [1.165, 1.54) is 0 Å². The zero-order valence-electron chi connectivity index (χ0n) is 14.1. The highest BCUT2D eigenvalue weighted by atomic mass is 16.2. The zero-order chi connectivity index (χ0) is 17.6. The summed E-state index contributed by atoms with van der Waals surface area (Å²) in [5.74, 6) is 0.0777. The fourth-order valence-corrected chi connectivity index (χ4v) is 3.37. The molecule has 0 unspecified atom stereocenters. The van der Waals surface area contributed by atoms with E-state index in [9.17, 15) is 9.59 Å². The van der Waals surface area contributed by atoms with Gasteiger partial charge in [0.25, 0.3) is 5.91 Å². The molecule has 6 nitrogen and oxygen atoms in total. The minimum Gasteiger partial charge on any atom is -0.364 e. The lowest BCUT2D eigenvalue weighted by molar-refractivity contribution is 0.0902. The Hall–Kier alpha value is -3.02. The Morgan fingerprint density at radius 1 is 1.24 bits per heavy atom. The summed E-state index contributed by atoms with van der Waals surface area (Å²) in [7, 11) is 0. The number of H-pyrrole nitrogens is 1. The van der Waals surface area contributed by atoms with Crippen LogP contribution in [-0.2, 0) is 6.42 Å². The molecule has 0 aliphatic heterocycles. The Balaban J connectivity index is 1.64. The van der Waals surface area contributed by atoms with Gasteiger partial charge in [-0.2, -0.15) is 0 Å². The fraction of sp³-hybridized carbons (Fsp3) is 0.263. The molecule has 25 heavy (non-hydrogen) atoms. The van der Waals surface area contributed by atoms with Gasteiger partial charge in [-0.1, -0.05) is 13.8 Å². The quantitative estimate of drug-likeness (QED) is 0.752. The highest BCUT2D eigenvalue weighted by Gasteiger charge is 2.35. The van der Waals surface area contributed by atoms with Gasteiger partial charge in [-0.05, 0) is 36.1 Å². The molecule has 0 spiro atoms. The van der Waals surface area contributed by atoms with Crippen molar-refractivity contribution in [3.8, 4) is 0 Å². The van der Waals surface area contributed by atoms with E-state index in [2.05, 4.69) is 34.1 Å². The maximum absolute atomic E-state index is 12.6. The Kier molecular flexibility index (Phi) is 3.42. The van der Waals surface area contributed by atoms with Crippen molar-refractivity contribution in [2.75, 3.05) is 5.32 Å². The predicted molar refractivity (Wildman–Crippen MR) is 94.7 cm³/mol. The second kappa shape index (κ2) is 5.51. The van der Waals surface area contributed by atoms with Crippen molar-refractivity contribution in [3.05, 3.63) is 53.5 Å². The van der Waals surface area contributed by atoms with Gasteiger partial charge in [0.2, 0.25) is 0 Å². The molecule has 1 aliphatic rings. The lowest BCUT2D eigenvalue weighted by atomic mass is 9.75. The predicted octanol–water partition coefficient (Wildman–Crippen LogP) is 3.37. The van der Waals surface area contributed by atoms with Gasteiger partial charge in [-0.25, -0.2) is 9.97 Å². The van der Waals surface area contributed by atoms with E-state index < -0.39 is 0 Å². The van der Waals surface area contributed by atoms with Gasteiger partial charge in [0.15, 0.2) is 11.4 Å². The molecule has 3 heterocycles. The number of fused-ring (bicyclic) bond motifs is 2. The summed E-state index contributed by atoms with van der Waals surface area (Å²) >= 11 is 0. The fourth-order valence-electron chi connectivity index (χ4n) is 3.37. The lowest BCUT2D eigenvalue weighted by Crippen LogP contribution is -2.28. The highest BCUT2D eigenvalue weighted by molar-refractivity contribution is 6.13. The summed E-state index contributed by atoms with van der Waals surface area (Å²) in [6.45, 7) is 4.11. The van der Waals surface area contributed by atoms with Gasteiger partial charge in [-0.3, -0.25) is 9.59 Å². The van der Waals surface area contributed by atoms with E-state index in [-0.39, 0.29) is 17.1 Å². The van der Waals surface area contributed by atoms with Crippen LogP contribution < -0.4 is 5.32 Å². The number of aromatic amines is 1. The van der Waals surface area contributed by atoms with Gasteiger partial charge in [-0.15, -0.1) is 0 Å². The number of carbonyl (C=O) groups is 2. The number of rotatable bonds is 2. The minimum absolute atomic E-state index is 0.00536. The summed E-state index contributed by atoms with van der Waals surface area (Å²) in [6, 6.07) is 7.32. The molecule has 0 fully saturated rings. The SMILES string of the molecule is CC1(C)CC(=O)c2c(C(=O)Nc3ccc4cccnc4n3)c[nH]c2C1. The van der Waals surface area contributed by atoms with Crippen LogP contribution >= 0.6 is 0 Å². The van der Waals surface area contributed by atoms with Crippen molar-refractivity contribution in [1.82, 2.24) is 15.0 Å². The average molecular weight is 334 g/mol. The van der Waals surface area contributed by atoms with Crippen LogP contribution in [-0.4, -0.2) is 26.6 Å². The summed E-state index contributed by atoms with van der Waals surface area (Å²) in [6.07, 6.45) is 4.46. The standard InChI is InChI=1S/C19H18N4O2/c1-19(2)8-13-16(14(24)9-19)12(10-21-13)18(25)23-15-6-5-11-4-3-7-20-17(11)22-15/h3-7,10,21H,8-9H2,1-2H3,(H,20,22,23,25). The van der Waals surface area contributed by atoms with Crippen LogP contribution in [0.5, 0.6) is 0 Å². The number of Topliss-reactive ketones (excluding diaryl/α,β-unsaturated/α-hetero) is 1. The summed E-state index contributed by atoms with van der Waals surface area (Å²) in [4.78, 5) is 36.8. The summed E-state index contributed by atoms with van der Waals surface area (Å²) in [5, 5.41) is 3.67. The first kappa shape index (κ1) is 15.5. The van der Waals surface area contributed by atoms with Gasteiger partial charge in [0, 0.05) is 29.9 Å². The number of hydrogen-bond acceptors (Lipinski definition) is 4. The number of nitrogens with one attached hydrogen (secondary N) is 2. The maximum Gasteiger partial charge on any atom is 0.259 e. The van der Waals surface area contributed by atoms with Gasteiger partial charge in [0.05, 0.1) is 11.1 Å². The van der Waals surface area contributed by atoms with Gasteiger partial charge >= 0.3 is 0 Å². The second-order valence-corrected chi connectivity index (χ2v) is 7.20. The number of aromatic nitrogens is 3. The van der Waals surface area contributed by atoms with Crippen LogP contribution in [0, 0.1) is 5.41 Å². The summed E-state index contributed by atoms with van der Waals surface area (Å²) < 4.78 is 0. The van der Waals surface area contributed by atoms with Crippen molar-refractivity contribution < 1.29 is 9.59 Å². The molecule has 6 heteroatoms.